The molecular weight excluding hydrogens is 292 g/mol. The van der Waals surface area contributed by atoms with Crippen LogP contribution in [0.15, 0.2) is 54.6 Å². The average molecular weight is 312 g/mol. The highest BCUT2D eigenvalue weighted by Crippen LogP contribution is 2.23. The van der Waals surface area contributed by atoms with E-state index in [0.29, 0.717) is 11.4 Å². The maximum atomic E-state index is 12.0. The molecule has 0 spiro atoms. The van der Waals surface area contributed by atoms with Crippen molar-refractivity contribution in [1.82, 2.24) is 5.32 Å². The Labute approximate surface area is 135 Å². The molecule has 2 amide bonds. The van der Waals surface area contributed by atoms with Crippen molar-refractivity contribution in [2.75, 3.05) is 12.4 Å². The Bertz CT molecular complexity index is 671. The van der Waals surface area contributed by atoms with Crippen LogP contribution in [0.4, 0.5) is 5.69 Å². The van der Waals surface area contributed by atoms with Crippen molar-refractivity contribution in [3.8, 4) is 5.75 Å². The van der Waals surface area contributed by atoms with Gasteiger partial charge in [-0.25, -0.2) is 0 Å². The summed E-state index contributed by atoms with van der Waals surface area (Å²) in [5, 5.41) is 5.49. The van der Waals surface area contributed by atoms with Crippen molar-refractivity contribution < 1.29 is 14.3 Å². The summed E-state index contributed by atoms with van der Waals surface area (Å²) in [6.07, 6.45) is -0.241. The summed E-state index contributed by atoms with van der Waals surface area (Å²) < 4.78 is 5.16. The van der Waals surface area contributed by atoms with E-state index in [1.54, 1.807) is 18.2 Å². The first kappa shape index (κ1) is 16.5. The van der Waals surface area contributed by atoms with Crippen molar-refractivity contribution in [1.29, 1.82) is 0 Å². The number of para-hydroxylation sites is 2. The molecule has 0 heterocycles. The number of methoxy groups -OCH3 is 1. The van der Waals surface area contributed by atoms with Crippen LogP contribution in [-0.2, 0) is 9.59 Å². The number of carbonyl (C=O) groups excluding carboxylic acids is 2. The number of carbonyl (C=O) groups is 2. The van der Waals surface area contributed by atoms with Gasteiger partial charge in [-0.2, -0.15) is 0 Å². The molecule has 0 aliphatic heterocycles. The van der Waals surface area contributed by atoms with E-state index < -0.39 is 0 Å². The lowest BCUT2D eigenvalue weighted by molar-refractivity contribution is -0.127. The van der Waals surface area contributed by atoms with E-state index >= 15 is 0 Å². The maximum Gasteiger partial charge on any atom is 0.233 e. The second-order valence-corrected chi connectivity index (χ2v) is 5.13. The molecule has 0 aromatic heterocycles. The minimum absolute atomic E-state index is 0.150. The van der Waals surface area contributed by atoms with Crippen LogP contribution in [0.25, 0.3) is 0 Å². The summed E-state index contributed by atoms with van der Waals surface area (Å²) in [7, 11) is 1.53. The number of rotatable bonds is 6. The molecule has 2 aromatic rings. The quantitative estimate of drug-likeness (QED) is 0.806. The van der Waals surface area contributed by atoms with Gasteiger partial charge in [0, 0.05) is 0 Å². The van der Waals surface area contributed by atoms with Crippen LogP contribution in [-0.4, -0.2) is 18.9 Å². The van der Waals surface area contributed by atoms with E-state index in [9.17, 15) is 9.59 Å². The Kier molecular flexibility index (Phi) is 5.74. The van der Waals surface area contributed by atoms with Gasteiger partial charge in [-0.05, 0) is 24.6 Å². The first-order chi connectivity index (χ1) is 11.1. The molecule has 5 nitrogen and oxygen atoms in total. The molecule has 120 valence electrons. The number of nitrogens with one attached hydrogen (secondary N) is 2. The fraction of sp³-hybridized carbons (Fsp3) is 0.222. The van der Waals surface area contributed by atoms with Crippen LogP contribution in [0.3, 0.4) is 0 Å². The van der Waals surface area contributed by atoms with Crippen LogP contribution in [0.2, 0.25) is 0 Å². The summed E-state index contributed by atoms with van der Waals surface area (Å²) >= 11 is 0. The topological polar surface area (TPSA) is 67.4 Å². The molecule has 0 radical (unpaired) electrons. The highest BCUT2D eigenvalue weighted by molar-refractivity contribution is 6.04. The Balaban J connectivity index is 1.89. The zero-order valence-electron chi connectivity index (χ0n) is 13.2. The molecule has 0 saturated heterocycles. The molecular formula is C18H20N2O3. The Hall–Kier alpha value is -2.82. The van der Waals surface area contributed by atoms with Gasteiger partial charge in [0.25, 0.3) is 0 Å². The molecule has 1 unspecified atom stereocenters. The number of hydrogen-bond donors (Lipinski definition) is 2. The summed E-state index contributed by atoms with van der Waals surface area (Å²) in [5.74, 6) is -0.153. The summed E-state index contributed by atoms with van der Waals surface area (Å²) in [6.45, 7) is 1.88. The molecule has 23 heavy (non-hydrogen) atoms. The summed E-state index contributed by atoms with van der Waals surface area (Å²) in [5.41, 5.74) is 1.54. The van der Waals surface area contributed by atoms with Gasteiger partial charge in [0.1, 0.15) is 12.2 Å². The molecule has 0 aliphatic carbocycles. The van der Waals surface area contributed by atoms with Crippen molar-refractivity contribution >= 4 is 17.5 Å². The molecule has 0 saturated carbocycles. The van der Waals surface area contributed by atoms with Crippen molar-refractivity contribution in [3.05, 3.63) is 60.2 Å². The number of ether oxygens (including phenoxy) is 1. The van der Waals surface area contributed by atoms with Gasteiger partial charge in [0.2, 0.25) is 11.8 Å². The third kappa shape index (κ3) is 4.85. The van der Waals surface area contributed by atoms with E-state index in [2.05, 4.69) is 10.6 Å². The normalized spacial score (nSPS) is 11.4. The zero-order chi connectivity index (χ0) is 16.7. The SMILES string of the molecule is COc1ccccc1NC(=O)CC(=O)NC(C)c1ccccc1. The fourth-order valence-corrected chi connectivity index (χ4v) is 2.21. The van der Waals surface area contributed by atoms with Crippen LogP contribution in [0.1, 0.15) is 24.9 Å². The van der Waals surface area contributed by atoms with Gasteiger partial charge in [0.15, 0.2) is 0 Å². The van der Waals surface area contributed by atoms with Gasteiger partial charge in [-0.3, -0.25) is 9.59 Å². The van der Waals surface area contributed by atoms with Gasteiger partial charge < -0.3 is 15.4 Å². The zero-order valence-corrected chi connectivity index (χ0v) is 13.2. The van der Waals surface area contributed by atoms with E-state index in [1.165, 1.54) is 7.11 Å². The number of hydrogen-bond acceptors (Lipinski definition) is 3. The minimum atomic E-state index is -0.382. The van der Waals surface area contributed by atoms with Crippen LogP contribution in [0, 0.1) is 0 Å². The Morgan fingerprint density at radius 3 is 2.35 bits per heavy atom. The third-order valence-corrected chi connectivity index (χ3v) is 3.38. The predicted octanol–water partition coefficient (Wildman–Crippen LogP) is 2.90. The highest BCUT2D eigenvalue weighted by Gasteiger charge is 2.14. The summed E-state index contributed by atoms with van der Waals surface area (Å²) in [4.78, 5) is 24.0. The van der Waals surface area contributed by atoms with Crippen molar-refractivity contribution in [2.24, 2.45) is 0 Å². The maximum absolute atomic E-state index is 12.0. The number of benzene rings is 2. The second-order valence-electron chi connectivity index (χ2n) is 5.13. The molecule has 2 N–H and O–H groups in total. The molecule has 0 bridgehead atoms. The average Bonchev–Trinajstić information content (AvgIpc) is 2.55. The summed E-state index contributed by atoms with van der Waals surface area (Å²) in [6, 6.07) is 16.5. The van der Waals surface area contributed by atoms with Gasteiger partial charge >= 0.3 is 0 Å². The first-order valence-electron chi connectivity index (χ1n) is 7.37. The van der Waals surface area contributed by atoms with E-state index in [1.807, 2.05) is 43.3 Å². The predicted molar refractivity (Wildman–Crippen MR) is 89.2 cm³/mol. The standard InChI is InChI=1S/C18H20N2O3/c1-13(14-8-4-3-5-9-14)19-17(21)12-18(22)20-15-10-6-7-11-16(15)23-2/h3-11,13H,12H2,1-2H3,(H,19,21)(H,20,22). The van der Waals surface area contributed by atoms with Crippen LogP contribution in [0.5, 0.6) is 5.75 Å². The lowest BCUT2D eigenvalue weighted by atomic mass is 10.1. The lowest BCUT2D eigenvalue weighted by Gasteiger charge is -2.14. The van der Waals surface area contributed by atoms with Crippen LogP contribution < -0.4 is 15.4 Å². The Morgan fingerprint density at radius 1 is 1.00 bits per heavy atom. The monoisotopic (exact) mass is 312 g/mol. The molecule has 0 fully saturated rings. The van der Waals surface area contributed by atoms with Crippen molar-refractivity contribution in [3.63, 3.8) is 0 Å². The third-order valence-electron chi connectivity index (χ3n) is 3.38. The first-order valence-corrected chi connectivity index (χ1v) is 7.37. The van der Waals surface area contributed by atoms with Gasteiger partial charge in [-0.1, -0.05) is 42.5 Å². The van der Waals surface area contributed by atoms with Gasteiger partial charge in [0.05, 0.1) is 18.8 Å². The fourth-order valence-electron chi connectivity index (χ4n) is 2.21. The van der Waals surface area contributed by atoms with E-state index in [0.717, 1.165) is 5.56 Å². The molecule has 2 aromatic carbocycles. The minimum Gasteiger partial charge on any atom is -0.495 e. The molecule has 5 heteroatoms. The smallest absolute Gasteiger partial charge is 0.233 e. The number of anilines is 1. The molecule has 1 atom stereocenters. The lowest BCUT2D eigenvalue weighted by Crippen LogP contribution is -2.30. The molecule has 0 aliphatic rings. The van der Waals surface area contributed by atoms with E-state index in [-0.39, 0.29) is 24.3 Å². The Morgan fingerprint density at radius 2 is 1.65 bits per heavy atom. The highest BCUT2D eigenvalue weighted by atomic mass is 16.5. The largest absolute Gasteiger partial charge is 0.495 e. The van der Waals surface area contributed by atoms with Gasteiger partial charge in [-0.15, -0.1) is 0 Å². The number of amides is 2. The van der Waals surface area contributed by atoms with Crippen molar-refractivity contribution in [2.45, 2.75) is 19.4 Å². The second kappa shape index (κ2) is 7.98. The molecule has 2 rings (SSSR count). The van der Waals surface area contributed by atoms with Crippen LogP contribution >= 0.6 is 0 Å². The van der Waals surface area contributed by atoms with E-state index in [4.69, 9.17) is 4.74 Å².